The molecule has 3 rings (SSSR count). The van der Waals surface area contributed by atoms with Crippen LogP contribution >= 0.6 is 0 Å². The molecule has 3 N–H and O–H groups in total. The molecule has 6 nitrogen and oxygen atoms in total. The molecule has 2 saturated heterocycles. The summed E-state index contributed by atoms with van der Waals surface area (Å²) in [4.78, 5) is 15.9. The second-order valence-electron chi connectivity index (χ2n) is 5.56. The number of carbonyl (C=O) groups excluding carboxylic acids is 1. The Labute approximate surface area is 124 Å². The van der Waals surface area contributed by atoms with Gasteiger partial charge in [-0.25, -0.2) is 0 Å². The second-order valence-corrected chi connectivity index (χ2v) is 5.56. The number of benzene rings is 1. The highest BCUT2D eigenvalue weighted by atomic mass is 16.5. The quantitative estimate of drug-likeness (QED) is 0.798. The Hall–Kier alpha value is -1.63. The number of hydrogen-bond acceptors (Lipinski definition) is 5. The molecule has 6 heteroatoms. The SMILES string of the molecule is NC1CC(O)CN(c2ccc(N3CCOCC3)cc2)C1=O. The van der Waals surface area contributed by atoms with Gasteiger partial charge in [0.05, 0.1) is 31.9 Å². The number of ether oxygens (including phenoxy) is 1. The fourth-order valence-corrected chi connectivity index (χ4v) is 2.87. The predicted octanol–water partition coefficient (Wildman–Crippen LogP) is -0.0519. The van der Waals surface area contributed by atoms with E-state index >= 15 is 0 Å². The van der Waals surface area contributed by atoms with Gasteiger partial charge in [-0.3, -0.25) is 4.79 Å². The molecule has 2 atom stereocenters. The topological polar surface area (TPSA) is 79.0 Å². The van der Waals surface area contributed by atoms with Gasteiger partial charge in [-0.1, -0.05) is 0 Å². The number of amides is 1. The molecule has 2 aliphatic rings. The molecule has 0 saturated carbocycles. The number of rotatable bonds is 2. The summed E-state index contributed by atoms with van der Waals surface area (Å²) < 4.78 is 5.34. The number of nitrogens with two attached hydrogens (primary N) is 1. The second kappa shape index (κ2) is 6.01. The fourth-order valence-electron chi connectivity index (χ4n) is 2.87. The minimum absolute atomic E-state index is 0.126. The molecule has 0 aromatic heterocycles. The van der Waals surface area contributed by atoms with E-state index in [1.165, 1.54) is 0 Å². The molecule has 2 unspecified atom stereocenters. The van der Waals surface area contributed by atoms with Crippen LogP contribution in [-0.4, -0.2) is 56.0 Å². The Bertz CT molecular complexity index is 499. The van der Waals surface area contributed by atoms with Crippen molar-refractivity contribution in [3.05, 3.63) is 24.3 Å². The molecule has 0 spiro atoms. The third-order valence-electron chi connectivity index (χ3n) is 4.04. The van der Waals surface area contributed by atoms with E-state index < -0.39 is 12.1 Å². The van der Waals surface area contributed by atoms with Crippen LogP contribution in [0.2, 0.25) is 0 Å². The van der Waals surface area contributed by atoms with Crippen molar-refractivity contribution in [3.63, 3.8) is 0 Å². The van der Waals surface area contributed by atoms with Crippen molar-refractivity contribution < 1.29 is 14.6 Å². The van der Waals surface area contributed by atoms with Gasteiger partial charge in [0.15, 0.2) is 0 Å². The Morgan fingerprint density at radius 1 is 1.14 bits per heavy atom. The summed E-state index contributed by atoms with van der Waals surface area (Å²) in [6.07, 6.45) is -0.224. The predicted molar refractivity (Wildman–Crippen MR) is 80.4 cm³/mol. The minimum atomic E-state index is -0.618. The molecule has 0 radical (unpaired) electrons. The lowest BCUT2D eigenvalue weighted by atomic mass is 10.0. The Morgan fingerprint density at radius 2 is 1.76 bits per heavy atom. The summed E-state index contributed by atoms with van der Waals surface area (Å²) in [5.74, 6) is -0.126. The van der Waals surface area contributed by atoms with Gasteiger partial charge in [0, 0.05) is 24.5 Å². The smallest absolute Gasteiger partial charge is 0.244 e. The van der Waals surface area contributed by atoms with Crippen LogP contribution in [0.4, 0.5) is 11.4 Å². The zero-order valence-electron chi connectivity index (χ0n) is 11.9. The molecule has 1 aromatic carbocycles. The lowest BCUT2D eigenvalue weighted by molar-refractivity contribution is -0.122. The lowest BCUT2D eigenvalue weighted by Gasteiger charge is -2.34. The van der Waals surface area contributed by atoms with Crippen LogP contribution in [-0.2, 0) is 9.53 Å². The van der Waals surface area contributed by atoms with Gasteiger partial charge in [-0.05, 0) is 30.7 Å². The maximum absolute atomic E-state index is 12.1. The summed E-state index contributed by atoms with van der Waals surface area (Å²) in [5, 5.41) is 9.79. The van der Waals surface area contributed by atoms with Crippen molar-refractivity contribution in [3.8, 4) is 0 Å². The van der Waals surface area contributed by atoms with Crippen LogP contribution in [0.3, 0.4) is 0 Å². The number of β-amino-alcohol motifs (C(OH)–C–C–N with tert-alkyl or cyclic N) is 1. The number of carbonyl (C=O) groups is 1. The van der Waals surface area contributed by atoms with Crippen molar-refractivity contribution in [1.82, 2.24) is 0 Å². The minimum Gasteiger partial charge on any atom is -0.391 e. The van der Waals surface area contributed by atoms with E-state index in [1.807, 2.05) is 24.3 Å². The molecule has 2 fully saturated rings. The summed E-state index contributed by atoms with van der Waals surface area (Å²) in [6.45, 7) is 3.56. The first-order valence-electron chi connectivity index (χ1n) is 7.33. The average Bonchev–Trinajstić information content (AvgIpc) is 2.52. The molecular weight excluding hydrogens is 270 g/mol. The standard InChI is InChI=1S/C15H21N3O3/c16-14-9-13(19)10-18(15(14)20)12-3-1-11(2-4-12)17-5-7-21-8-6-17/h1-4,13-14,19H,5-10,16H2. The highest BCUT2D eigenvalue weighted by Crippen LogP contribution is 2.24. The largest absolute Gasteiger partial charge is 0.391 e. The van der Waals surface area contributed by atoms with Crippen LogP contribution in [0.1, 0.15) is 6.42 Å². The fraction of sp³-hybridized carbons (Fsp3) is 0.533. The Morgan fingerprint density at radius 3 is 2.43 bits per heavy atom. The Balaban J connectivity index is 1.75. The van der Waals surface area contributed by atoms with E-state index in [1.54, 1.807) is 4.90 Å². The van der Waals surface area contributed by atoms with Crippen LogP contribution in [0.5, 0.6) is 0 Å². The van der Waals surface area contributed by atoms with Gasteiger partial charge < -0.3 is 25.4 Å². The van der Waals surface area contributed by atoms with Gasteiger partial charge in [0.25, 0.3) is 0 Å². The van der Waals surface area contributed by atoms with Crippen molar-refractivity contribution in [2.24, 2.45) is 5.73 Å². The lowest BCUT2D eigenvalue weighted by Crippen LogP contribution is -2.53. The molecule has 0 bridgehead atoms. The van der Waals surface area contributed by atoms with Gasteiger partial charge in [0.1, 0.15) is 0 Å². The summed E-state index contributed by atoms with van der Waals surface area (Å²) in [5.41, 5.74) is 7.68. The number of aliphatic hydroxyl groups is 1. The maximum atomic E-state index is 12.1. The van der Waals surface area contributed by atoms with Crippen LogP contribution in [0.15, 0.2) is 24.3 Å². The molecular formula is C15H21N3O3. The highest BCUT2D eigenvalue weighted by molar-refractivity contribution is 5.98. The van der Waals surface area contributed by atoms with E-state index in [9.17, 15) is 9.90 Å². The van der Waals surface area contributed by atoms with Crippen LogP contribution in [0, 0.1) is 0 Å². The van der Waals surface area contributed by atoms with Crippen molar-refractivity contribution >= 4 is 17.3 Å². The van der Waals surface area contributed by atoms with E-state index in [0.717, 1.165) is 37.7 Å². The summed E-state index contributed by atoms with van der Waals surface area (Å²) in [6, 6.07) is 7.20. The first-order chi connectivity index (χ1) is 10.1. The third-order valence-corrected chi connectivity index (χ3v) is 4.04. The molecule has 21 heavy (non-hydrogen) atoms. The summed E-state index contributed by atoms with van der Waals surface area (Å²) in [7, 11) is 0. The van der Waals surface area contributed by atoms with E-state index in [0.29, 0.717) is 13.0 Å². The van der Waals surface area contributed by atoms with Gasteiger partial charge in [-0.15, -0.1) is 0 Å². The maximum Gasteiger partial charge on any atom is 0.244 e. The van der Waals surface area contributed by atoms with E-state index in [4.69, 9.17) is 10.5 Å². The number of morpholine rings is 1. The number of aliphatic hydroxyl groups excluding tert-OH is 1. The number of anilines is 2. The number of nitrogens with zero attached hydrogens (tertiary/aromatic N) is 2. The van der Waals surface area contributed by atoms with E-state index in [-0.39, 0.29) is 5.91 Å². The monoisotopic (exact) mass is 291 g/mol. The molecule has 1 aromatic rings. The summed E-state index contributed by atoms with van der Waals surface area (Å²) >= 11 is 0. The van der Waals surface area contributed by atoms with E-state index in [2.05, 4.69) is 4.90 Å². The zero-order valence-corrected chi connectivity index (χ0v) is 11.9. The number of piperidine rings is 1. The molecule has 1 amide bonds. The molecule has 0 aliphatic carbocycles. The first kappa shape index (κ1) is 14.3. The van der Waals surface area contributed by atoms with Gasteiger partial charge >= 0.3 is 0 Å². The van der Waals surface area contributed by atoms with Gasteiger partial charge in [-0.2, -0.15) is 0 Å². The van der Waals surface area contributed by atoms with Crippen molar-refractivity contribution in [2.45, 2.75) is 18.6 Å². The zero-order chi connectivity index (χ0) is 14.8. The molecule has 114 valence electrons. The average molecular weight is 291 g/mol. The molecule has 2 heterocycles. The molecule has 2 aliphatic heterocycles. The third kappa shape index (κ3) is 3.02. The first-order valence-corrected chi connectivity index (χ1v) is 7.33. The van der Waals surface area contributed by atoms with Crippen molar-refractivity contribution in [2.75, 3.05) is 42.6 Å². The highest BCUT2D eigenvalue weighted by Gasteiger charge is 2.31. The van der Waals surface area contributed by atoms with Gasteiger partial charge in [0.2, 0.25) is 5.91 Å². The Kier molecular flexibility index (Phi) is 4.10. The van der Waals surface area contributed by atoms with Crippen LogP contribution < -0.4 is 15.5 Å². The van der Waals surface area contributed by atoms with Crippen molar-refractivity contribution in [1.29, 1.82) is 0 Å². The number of hydrogen-bond donors (Lipinski definition) is 2. The normalized spacial score (nSPS) is 27.0. The van der Waals surface area contributed by atoms with Crippen LogP contribution in [0.25, 0.3) is 0 Å².